The first-order valence-electron chi connectivity index (χ1n) is 7.13. The van der Waals surface area contributed by atoms with Crippen LogP contribution < -0.4 is 10.6 Å². The number of hydrogen-bond acceptors (Lipinski definition) is 4. The van der Waals surface area contributed by atoms with E-state index in [-0.39, 0.29) is 5.56 Å². The molecule has 0 saturated heterocycles. The normalized spacial score (nSPS) is 10.4. The number of halogens is 3. The standard InChI is InChI=1S/C17H11Cl3N4O/c18-11-5-6-13(20)15(7-11)23-16(25)10-8-21-17(22-9-10)24-14-4-2-1-3-12(14)19/h1-9H,(H,23,25)(H,21,22,24). The van der Waals surface area contributed by atoms with E-state index >= 15 is 0 Å². The zero-order valence-electron chi connectivity index (χ0n) is 12.6. The largest absolute Gasteiger partial charge is 0.323 e. The molecule has 0 spiro atoms. The summed E-state index contributed by atoms with van der Waals surface area (Å²) < 4.78 is 0. The van der Waals surface area contributed by atoms with Crippen molar-refractivity contribution >= 4 is 58.0 Å². The number of nitrogens with one attached hydrogen (secondary N) is 2. The number of nitrogens with zero attached hydrogens (tertiary/aromatic N) is 2. The fourth-order valence-corrected chi connectivity index (χ4v) is 2.50. The minimum atomic E-state index is -0.395. The summed E-state index contributed by atoms with van der Waals surface area (Å²) in [6, 6.07) is 12.0. The van der Waals surface area contributed by atoms with Crippen LogP contribution in [0, 0.1) is 0 Å². The van der Waals surface area contributed by atoms with Crippen LogP contribution in [0.2, 0.25) is 15.1 Å². The molecule has 0 bridgehead atoms. The average molecular weight is 394 g/mol. The van der Waals surface area contributed by atoms with Crippen LogP contribution in [0.1, 0.15) is 10.4 Å². The Kier molecular flexibility index (Phi) is 5.38. The summed E-state index contributed by atoms with van der Waals surface area (Å²) in [4.78, 5) is 20.5. The number of rotatable bonds is 4. The number of amides is 1. The van der Waals surface area contributed by atoms with Gasteiger partial charge in [0.25, 0.3) is 5.91 Å². The van der Waals surface area contributed by atoms with Gasteiger partial charge in [-0.15, -0.1) is 0 Å². The van der Waals surface area contributed by atoms with Crippen molar-refractivity contribution in [1.82, 2.24) is 9.97 Å². The summed E-state index contributed by atoms with van der Waals surface area (Å²) in [5, 5.41) is 7.05. The number of carbonyl (C=O) groups is 1. The number of aromatic nitrogens is 2. The van der Waals surface area contributed by atoms with Gasteiger partial charge >= 0.3 is 0 Å². The number of benzene rings is 2. The van der Waals surface area contributed by atoms with Gasteiger partial charge in [0.05, 0.1) is 27.0 Å². The third kappa shape index (κ3) is 4.39. The Balaban J connectivity index is 1.72. The lowest BCUT2D eigenvalue weighted by Crippen LogP contribution is -2.13. The van der Waals surface area contributed by atoms with Crippen LogP contribution in [0.25, 0.3) is 0 Å². The lowest BCUT2D eigenvalue weighted by Gasteiger charge is -2.09. The summed E-state index contributed by atoms with van der Waals surface area (Å²) >= 11 is 18.0. The molecule has 5 nitrogen and oxygen atoms in total. The van der Waals surface area contributed by atoms with E-state index in [1.165, 1.54) is 12.4 Å². The highest BCUT2D eigenvalue weighted by atomic mass is 35.5. The van der Waals surface area contributed by atoms with Gasteiger partial charge in [-0.05, 0) is 30.3 Å². The molecule has 0 atom stereocenters. The molecule has 3 aromatic rings. The predicted octanol–water partition coefficient (Wildman–Crippen LogP) is 5.43. The first kappa shape index (κ1) is 17.5. The molecule has 0 aliphatic rings. The van der Waals surface area contributed by atoms with Gasteiger partial charge in [-0.3, -0.25) is 4.79 Å². The van der Waals surface area contributed by atoms with Crippen LogP contribution in [-0.2, 0) is 0 Å². The van der Waals surface area contributed by atoms with E-state index in [0.29, 0.717) is 32.4 Å². The smallest absolute Gasteiger partial charge is 0.258 e. The monoisotopic (exact) mass is 392 g/mol. The van der Waals surface area contributed by atoms with E-state index < -0.39 is 5.91 Å². The lowest BCUT2D eigenvalue weighted by atomic mass is 10.2. The predicted molar refractivity (Wildman–Crippen MR) is 101 cm³/mol. The van der Waals surface area contributed by atoms with Crippen LogP contribution in [-0.4, -0.2) is 15.9 Å². The van der Waals surface area contributed by atoms with Gasteiger partial charge in [0.15, 0.2) is 0 Å². The van der Waals surface area contributed by atoms with Crippen LogP contribution in [0.3, 0.4) is 0 Å². The zero-order valence-corrected chi connectivity index (χ0v) is 14.9. The highest BCUT2D eigenvalue weighted by molar-refractivity contribution is 6.36. The number of hydrogen-bond donors (Lipinski definition) is 2. The Morgan fingerprint density at radius 1 is 0.880 bits per heavy atom. The van der Waals surface area contributed by atoms with Crippen LogP contribution in [0.15, 0.2) is 54.9 Å². The quantitative estimate of drug-likeness (QED) is 0.620. The molecule has 1 aromatic heterocycles. The fraction of sp³-hybridized carbons (Fsp3) is 0. The number of para-hydroxylation sites is 1. The van der Waals surface area contributed by atoms with Crippen LogP contribution >= 0.6 is 34.8 Å². The summed E-state index contributed by atoms with van der Waals surface area (Å²) in [6.07, 6.45) is 2.81. The van der Waals surface area contributed by atoms with E-state index in [2.05, 4.69) is 20.6 Å². The molecule has 126 valence electrons. The van der Waals surface area contributed by atoms with Gasteiger partial charge < -0.3 is 10.6 Å². The molecule has 2 aromatic carbocycles. The van der Waals surface area contributed by atoms with Gasteiger partial charge in [0.2, 0.25) is 5.95 Å². The summed E-state index contributed by atoms with van der Waals surface area (Å²) in [5.41, 5.74) is 1.37. The van der Waals surface area contributed by atoms with Crippen molar-refractivity contribution in [3.05, 3.63) is 75.5 Å². The molecule has 1 amide bonds. The molecule has 0 radical (unpaired) electrons. The number of carbonyl (C=O) groups excluding carboxylic acids is 1. The van der Waals surface area contributed by atoms with Crippen molar-refractivity contribution in [2.45, 2.75) is 0 Å². The lowest BCUT2D eigenvalue weighted by molar-refractivity contribution is 0.102. The van der Waals surface area contributed by atoms with Crippen molar-refractivity contribution in [2.75, 3.05) is 10.6 Å². The van der Waals surface area contributed by atoms with Gasteiger partial charge in [0, 0.05) is 17.4 Å². The van der Waals surface area contributed by atoms with Crippen molar-refractivity contribution < 1.29 is 4.79 Å². The Morgan fingerprint density at radius 3 is 2.28 bits per heavy atom. The molecular weight excluding hydrogens is 383 g/mol. The van der Waals surface area contributed by atoms with Crippen molar-refractivity contribution in [3.8, 4) is 0 Å². The molecule has 1 heterocycles. The topological polar surface area (TPSA) is 66.9 Å². The zero-order chi connectivity index (χ0) is 17.8. The Hall–Kier alpha value is -2.34. The Labute approximate surface area is 159 Å². The Morgan fingerprint density at radius 2 is 1.56 bits per heavy atom. The minimum absolute atomic E-state index is 0.278. The molecule has 0 unspecified atom stereocenters. The maximum atomic E-state index is 12.3. The van der Waals surface area contributed by atoms with Crippen molar-refractivity contribution in [1.29, 1.82) is 0 Å². The highest BCUT2D eigenvalue weighted by Crippen LogP contribution is 2.26. The molecular formula is C17H11Cl3N4O. The third-order valence-corrected chi connectivity index (χ3v) is 4.11. The highest BCUT2D eigenvalue weighted by Gasteiger charge is 2.11. The first-order chi connectivity index (χ1) is 12.0. The number of anilines is 3. The van der Waals surface area contributed by atoms with E-state index in [4.69, 9.17) is 34.8 Å². The van der Waals surface area contributed by atoms with Gasteiger partial charge in [-0.1, -0.05) is 46.9 Å². The average Bonchev–Trinajstić information content (AvgIpc) is 2.61. The molecule has 2 N–H and O–H groups in total. The minimum Gasteiger partial charge on any atom is -0.323 e. The molecule has 0 aliphatic carbocycles. The second-order valence-electron chi connectivity index (χ2n) is 4.98. The Bertz CT molecular complexity index is 916. The maximum absolute atomic E-state index is 12.3. The summed E-state index contributed by atoms with van der Waals surface area (Å²) in [6.45, 7) is 0. The third-order valence-electron chi connectivity index (χ3n) is 3.21. The van der Waals surface area contributed by atoms with Crippen molar-refractivity contribution in [3.63, 3.8) is 0 Å². The van der Waals surface area contributed by atoms with Crippen LogP contribution in [0.5, 0.6) is 0 Å². The molecule has 25 heavy (non-hydrogen) atoms. The second kappa shape index (κ2) is 7.70. The fourth-order valence-electron chi connectivity index (χ4n) is 1.98. The van der Waals surface area contributed by atoms with Crippen molar-refractivity contribution in [2.24, 2.45) is 0 Å². The molecule has 0 aliphatic heterocycles. The molecule has 0 fully saturated rings. The van der Waals surface area contributed by atoms with E-state index in [1.54, 1.807) is 30.3 Å². The van der Waals surface area contributed by atoms with E-state index in [9.17, 15) is 4.79 Å². The van der Waals surface area contributed by atoms with Crippen LogP contribution in [0.4, 0.5) is 17.3 Å². The van der Waals surface area contributed by atoms with Gasteiger partial charge in [-0.2, -0.15) is 0 Å². The maximum Gasteiger partial charge on any atom is 0.258 e. The van der Waals surface area contributed by atoms with Gasteiger partial charge in [0.1, 0.15) is 0 Å². The summed E-state index contributed by atoms with van der Waals surface area (Å²) in [7, 11) is 0. The molecule has 8 heteroatoms. The SMILES string of the molecule is O=C(Nc1cc(Cl)ccc1Cl)c1cnc(Nc2ccccc2Cl)nc1. The van der Waals surface area contributed by atoms with E-state index in [1.807, 2.05) is 12.1 Å². The van der Waals surface area contributed by atoms with Gasteiger partial charge in [-0.25, -0.2) is 9.97 Å². The molecule has 3 rings (SSSR count). The summed E-state index contributed by atoms with van der Waals surface area (Å²) in [5.74, 6) is -0.0705. The van der Waals surface area contributed by atoms with E-state index in [0.717, 1.165) is 0 Å². The molecule has 0 saturated carbocycles. The first-order valence-corrected chi connectivity index (χ1v) is 8.26. The second-order valence-corrected chi connectivity index (χ2v) is 6.23.